The Hall–Kier alpha value is -1.78. The molecule has 66 valence electrons. The lowest BCUT2D eigenvalue weighted by Crippen LogP contribution is -2.03. The van der Waals surface area contributed by atoms with Crippen molar-refractivity contribution in [1.82, 2.24) is 24.7 Å². The molecule has 0 atom stereocenters. The summed E-state index contributed by atoms with van der Waals surface area (Å²) in [5, 5.41) is 3.99. The summed E-state index contributed by atoms with van der Waals surface area (Å²) in [4.78, 5) is 12.4. The van der Waals surface area contributed by atoms with Gasteiger partial charge in [-0.05, 0) is 13.8 Å². The molecule has 0 aliphatic rings. The van der Waals surface area contributed by atoms with Crippen LogP contribution >= 0.6 is 0 Å². The van der Waals surface area contributed by atoms with E-state index in [1.165, 1.54) is 6.33 Å². The predicted molar refractivity (Wildman–Crippen MR) is 46.4 cm³/mol. The van der Waals surface area contributed by atoms with Gasteiger partial charge in [-0.3, -0.25) is 4.98 Å². The average molecular weight is 175 g/mol. The molecule has 0 fully saturated rings. The van der Waals surface area contributed by atoms with Gasteiger partial charge in [0.25, 0.3) is 0 Å². The van der Waals surface area contributed by atoms with Gasteiger partial charge in [0.2, 0.25) is 0 Å². The molecule has 5 nitrogen and oxygen atoms in total. The van der Waals surface area contributed by atoms with Crippen LogP contribution in [0.4, 0.5) is 0 Å². The third-order valence-corrected chi connectivity index (χ3v) is 1.69. The first-order valence-corrected chi connectivity index (χ1v) is 3.92. The first-order valence-electron chi connectivity index (χ1n) is 3.92. The molecule has 2 aromatic heterocycles. The van der Waals surface area contributed by atoms with Crippen LogP contribution in [-0.2, 0) is 0 Å². The van der Waals surface area contributed by atoms with E-state index in [1.54, 1.807) is 17.2 Å². The van der Waals surface area contributed by atoms with E-state index in [9.17, 15) is 0 Å². The molecule has 0 aliphatic heterocycles. The van der Waals surface area contributed by atoms with Crippen molar-refractivity contribution in [3.05, 3.63) is 30.2 Å². The Morgan fingerprint density at radius 2 is 2.15 bits per heavy atom. The minimum absolute atomic E-state index is 0.734. The van der Waals surface area contributed by atoms with Crippen molar-refractivity contribution in [3.63, 3.8) is 0 Å². The van der Waals surface area contributed by atoms with Crippen LogP contribution in [0.2, 0.25) is 0 Å². The smallest absolute Gasteiger partial charge is 0.176 e. The Bertz CT molecular complexity index is 406. The van der Waals surface area contributed by atoms with Crippen LogP contribution < -0.4 is 0 Å². The average Bonchev–Trinajstić information content (AvgIpc) is 2.61. The van der Waals surface area contributed by atoms with Crippen LogP contribution in [-0.4, -0.2) is 24.7 Å². The molecule has 0 saturated carbocycles. The van der Waals surface area contributed by atoms with Gasteiger partial charge < -0.3 is 0 Å². The number of aryl methyl sites for hydroxylation is 2. The highest BCUT2D eigenvalue weighted by atomic mass is 15.3. The first kappa shape index (κ1) is 7.85. The zero-order chi connectivity index (χ0) is 9.26. The van der Waals surface area contributed by atoms with Gasteiger partial charge in [0.1, 0.15) is 12.7 Å². The molecular formula is C8H9N5. The van der Waals surface area contributed by atoms with Crippen molar-refractivity contribution in [2.24, 2.45) is 0 Å². The lowest BCUT2D eigenvalue weighted by atomic mass is 10.4. The molecule has 2 heterocycles. The van der Waals surface area contributed by atoms with Gasteiger partial charge in [-0.1, -0.05) is 0 Å². The highest BCUT2D eigenvalue weighted by Crippen LogP contribution is 2.05. The van der Waals surface area contributed by atoms with E-state index in [0.717, 1.165) is 17.2 Å². The van der Waals surface area contributed by atoms with Crippen LogP contribution in [0.1, 0.15) is 11.4 Å². The van der Waals surface area contributed by atoms with Gasteiger partial charge in [-0.25, -0.2) is 14.6 Å². The number of nitrogens with zero attached hydrogens (tertiary/aromatic N) is 5. The van der Waals surface area contributed by atoms with Crippen molar-refractivity contribution in [3.8, 4) is 5.82 Å². The highest BCUT2D eigenvalue weighted by molar-refractivity contribution is 5.25. The lowest BCUT2D eigenvalue weighted by Gasteiger charge is -2.02. The van der Waals surface area contributed by atoms with Crippen molar-refractivity contribution in [1.29, 1.82) is 0 Å². The molecule has 0 unspecified atom stereocenters. The van der Waals surface area contributed by atoms with Crippen molar-refractivity contribution >= 4 is 0 Å². The van der Waals surface area contributed by atoms with E-state index in [-0.39, 0.29) is 0 Å². The van der Waals surface area contributed by atoms with E-state index in [2.05, 4.69) is 20.1 Å². The zero-order valence-corrected chi connectivity index (χ0v) is 7.47. The fraction of sp³-hybridized carbons (Fsp3) is 0.250. The van der Waals surface area contributed by atoms with Crippen LogP contribution in [0.5, 0.6) is 0 Å². The van der Waals surface area contributed by atoms with E-state index in [1.807, 2.05) is 13.8 Å². The molecule has 0 aromatic carbocycles. The molecule has 2 aromatic rings. The number of aromatic nitrogens is 5. The second-order valence-corrected chi connectivity index (χ2v) is 2.76. The second kappa shape index (κ2) is 2.93. The predicted octanol–water partition coefficient (Wildman–Crippen LogP) is 0.674. The fourth-order valence-electron chi connectivity index (χ4n) is 1.06. The lowest BCUT2D eigenvalue weighted by molar-refractivity contribution is 0.814. The summed E-state index contributed by atoms with van der Waals surface area (Å²) >= 11 is 0. The molecule has 0 radical (unpaired) electrons. The number of hydrogen-bond donors (Lipinski definition) is 0. The topological polar surface area (TPSA) is 56.5 Å². The van der Waals surface area contributed by atoms with Crippen molar-refractivity contribution in [2.75, 3.05) is 0 Å². The van der Waals surface area contributed by atoms with Crippen LogP contribution in [0, 0.1) is 13.8 Å². The molecule has 0 bridgehead atoms. The second-order valence-electron chi connectivity index (χ2n) is 2.76. The Morgan fingerprint density at radius 1 is 1.31 bits per heavy atom. The quantitative estimate of drug-likeness (QED) is 0.639. The summed E-state index contributed by atoms with van der Waals surface area (Å²) < 4.78 is 1.61. The summed E-state index contributed by atoms with van der Waals surface area (Å²) in [5.74, 6) is 0.734. The van der Waals surface area contributed by atoms with Gasteiger partial charge in [-0.2, -0.15) is 5.10 Å². The molecule has 13 heavy (non-hydrogen) atoms. The van der Waals surface area contributed by atoms with E-state index >= 15 is 0 Å². The normalized spacial score (nSPS) is 10.3. The molecule has 0 saturated heterocycles. The number of rotatable bonds is 1. The summed E-state index contributed by atoms with van der Waals surface area (Å²) in [6, 6.07) is 0. The molecule has 0 amide bonds. The standard InChI is InChI=1S/C8H9N5/c1-6-3-10-7(2)8(12-6)13-5-9-4-11-13/h3-5H,1-2H3. The highest BCUT2D eigenvalue weighted by Gasteiger charge is 2.03. The van der Waals surface area contributed by atoms with Gasteiger partial charge in [0.05, 0.1) is 11.4 Å². The van der Waals surface area contributed by atoms with E-state index in [0.29, 0.717) is 0 Å². The van der Waals surface area contributed by atoms with Gasteiger partial charge in [0, 0.05) is 6.20 Å². The zero-order valence-electron chi connectivity index (χ0n) is 7.47. The Labute approximate surface area is 75.5 Å². The van der Waals surface area contributed by atoms with Crippen LogP contribution in [0.3, 0.4) is 0 Å². The number of hydrogen-bond acceptors (Lipinski definition) is 4. The summed E-state index contributed by atoms with van der Waals surface area (Å²) in [5.41, 5.74) is 1.72. The minimum Gasteiger partial charge on any atom is -0.256 e. The van der Waals surface area contributed by atoms with Gasteiger partial charge in [0.15, 0.2) is 5.82 Å². The molecule has 5 heteroatoms. The monoisotopic (exact) mass is 175 g/mol. The third-order valence-electron chi connectivity index (χ3n) is 1.69. The van der Waals surface area contributed by atoms with Crippen molar-refractivity contribution in [2.45, 2.75) is 13.8 Å². The molecule has 0 spiro atoms. The maximum absolute atomic E-state index is 4.31. The largest absolute Gasteiger partial charge is 0.256 e. The van der Waals surface area contributed by atoms with Gasteiger partial charge >= 0.3 is 0 Å². The summed E-state index contributed by atoms with van der Waals surface area (Å²) in [7, 11) is 0. The molecule has 0 N–H and O–H groups in total. The fourth-order valence-corrected chi connectivity index (χ4v) is 1.06. The molecular weight excluding hydrogens is 166 g/mol. The van der Waals surface area contributed by atoms with Gasteiger partial charge in [-0.15, -0.1) is 0 Å². The first-order chi connectivity index (χ1) is 6.27. The Morgan fingerprint density at radius 3 is 2.85 bits per heavy atom. The van der Waals surface area contributed by atoms with Crippen LogP contribution in [0.25, 0.3) is 5.82 Å². The molecule has 2 rings (SSSR count). The third kappa shape index (κ3) is 1.40. The minimum atomic E-state index is 0.734. The van der Waals surface area contributed by atoms with E-state index in [4.69, 9.17) is 0 Å². The van der Waals surface area contributed by atoms with Crippen molar-refractivity contribution < 1.29 is 0 Å². The molecule has 0 aliphatic carbocycles. The van der Waals surface area contributed by atoms with Crippen LogP contribution in [0.15, 0.2) is 18.9 Å². The summed E-state index contributed by atoms with van der Waals surface area (Å²) in [6.45, 7) is 3.79. The summed E-state index contributed by atoms with van der Waals surface area (Å²) in [6.07, 6.45) is 4.82. The Kier molecular flexibility index (Phi) is 1.77. The van der Waals surface area contributed by atoms with E-state index < -0.39 is 0 Å². The Balaban J connectivity index is 2.57. The maximum atomic E-state index is 4.31. The SMILES string of the molecule is Cc1cnc(C)c(-n2cncn2)n1. The maximum Gasteiger partial charge on any atom is 0.176 e.